The van der Waals surface area contributed by atoms with Crippen LogP contribution in [0.15, 0.2) is 84.0 Å². The lowest BCUT2D eigenvalue weighted by Crippen LogP contribution is -2.48. The number of para-hydroxylation sites is 1. The Morgan fingerprint density at radius 3 is 2.31 bits per heavy atom. The first-order chi connectivity index (χ1) is 17.4. The number of fused-ring (bicyclic) bond motifs is 1. The van der Waals surface area contributed by atoms with Gasteiger partial charge in [-0.3, -0.25) is 19.7 Å². The monoisotopic (exact) mass is 504 g/mol. The van der Waals surface area contributed by atoms with Crippen molar-refractivity contribution in [3.8, 4) is 0 Å². The Kier molecular flexibility index (Phi) is 6.75. The molecule has 0 unspecified atom stereocenters. The second kappa shape index (κ2) is 10.1. The Bertz CT molecular complexity index is 1500. The van der Waals surface area contributed by atoms with Crippen LogP contribution in [-0.4, -0.2) is 60.3 Å². The number of piperazine rings is 1. The van der Waals surface area contributed by atoms with Crippen LogP contribution in [0.3, 0.4) is 0 Å². The van der Waals surface area contributed by atoms with E-state index < -0.39 is 9.84 Å². The van der Waals surface area contributed by atoms with Crippen LogP contribution < -0.4 is 0 Å². The molecule has 0 atom stereocenters. The van der Waals surface area contributed by atoms with E-state index in [0.29, 0.717) is 55.1 Å². The molecule has 1 fully saturated rings. The quantitative estimate of drug-likeness (QED) is 0.398. The van der Waals surface area contributed by atoms with Crippen molar-refractivity contribution in [1.29, 1.82) is 0 Å². The topological polar surface area (TPSA) is 83.5 Å². The van der Waals surface area contributed by atoms with Crippen LogP contribution in [0.25, 0.3) is 10.9 Å². The number of hydrogen-bond acceptors (Lipinski definition) is 6. The van der Waals surface area contributed by atoms with E-state index in [2.05, 4.69) is 14.9 Å². The maximum atomic E-state index is 13.9. The van der Waals surface area contributed by atoms with Crippen LogP contribution in [0.4, 0.5) is 4.39 Å². The molecule has 2 aromatic carbocycles. The molecule has 4 aromatic rings. The van der Waals surface area contributed by atoms with Crippen molar-refractivity contribution in [2.75, 3.05) is 26.2 Å². The van der Waals surface area contributed by atoms with E-state index in [4.69, 9.17) is 0 Å². The zero-order valence-corrected chi connectivity index (χ0v) is 20.4. The summed E-state index contributed by atoms with van der Waals surface area (Å²) < 4.78 is 40.1. The molecule has 1 amide bonds. The molecule has 3 heterocycles. The van der Waals surface area contributed by atoms with Crippen molar-refractivity contribution in [2.24, 2.45) is 0 Å². The van der Waals surface area contributed by atoms with Gasteiger partial charge in [-0.25, -0.2) is 12.8 Å². The van der Waals surface area contributed by atoms with Crippen molar-refractivity contribution in [3.63, 3.8) is 0 Å². The Labute approximate surface area is 209 Å². The van der Waals surface area contributed by atoms with Crippen LogP contribution in [-0.2, 0) is 22.1 Å². The van der Waals surface area contributed by atoms with Gasteiger partial charge in [0.1, 0.15) is 5.82 Å². The maximum Gasteiger partial charge on any atom is 0.253 e. The predicted molar refractivity (Wildman–Crippen MR) is 134 cm³/mol. The van der Waals surface area contributed by atoms with E-state index >= 15 is 0 Å². The van der Waals surface area contributed by atoms with E-state index in [1.807, 2.05) is 12.1 Å². The van der Waals surface area contributed by atoms with Crippen LogP contribution in [0.2, 0.25) is 0 Å². The molecule has 0 radical (unpaired) electrons. The average Bonchev–Trinajstić information content (AvgIpc) is 2.90. The normalized spacial score (nSPS) is 14.8. The first-order valence-corrected chi connectivity index (χ1v) is 13.3. The third-order valence-electron chi connectivity index (χ3n) is 6.36. The Balaban J connectivity index is 1.22. The summed E-state index contributed by atoms with van der Waals surface area (Å²) >= 11 is 0. The Morgan fingerprint density at radius 1 is 0.861 bits per heavy atom. The highest BCUT2D eigenvalue weighted by Gasteiger charge is 2.24. The summed E-state index contributed by atoms with van der Waals surface area (Å²) in [6.07, 6.45) is 3.16. The van der Waals surface area contributed by atoms with Crippen molar-refractivity contribution >= 4 is 26.6 Å². The minimum absolute atomic E-state index is 0.105. The van der Waals surface area contributed by atoms with Gasteiger partial charge in [0, 0.05) is 56.1 Å². The molecule has 1 aliphatic heterocycles. The first kappa shape index (κ1) is 24.0. The van der Waals surface area contributed by atoms with Crippen molar-refractivity contribution in [3.05, 3.63) is 102 Å². The van der Waals surface area contributed by atoms with Gasteiger partial charge in [-0.15, -0.1) is 0 Å². The van der Waals surface area contributed by atoms with Gasteiger partial charge in [-0.05, 0) is 42.0 Å². The molecule has 0 N–H and O–H groups in total. The zero-order valence-electron chi connectivity index (χ0n) is 19.5. The largest absolute Gasteiger partial charge is 0.336 e. The highest BCUT2D eigenvalue weighted by Crippen LogP contribution is 2.24. The fourth-order valence-corrected chi connectivity index (χ4v) is 5.94. The molecular weight excluding hydrogens is 479 g/mol. The number of sulfone groups is 1. The number of rotatable bonds is 6. The summed E-state index contributed by atoms with van der Waals surface area (Å²) in [6.45, 7) is 2.70. The third kappa shape index (κ3) is 5.12. The van der Waals surface area contributed by atoms with Crippen LogP contribution in [0.1, 0.15) is 21.6 Å². The molecule has 9 heteroatoms. The minimum atomic E-state index is -3.62. The van der Waals surface area contributed by atoms with E-state index in [1.165, 1.54) is 6.07 Å². The molecule has 0 saturated carbocycles. The highest BCUT2D eigenvalue weighted by molar-refractivity contribution is 7.90. The van der Waals surface area contributed by atoms with Crippen molar-refractivity contribution in [2.45, 2.75) is 17.2 Å². The van der Waals surface area contributed by atoms with Crippen LogP contribution in [0.5, 0.6) is 0 Å². The van der Waals surface area contributed by atoms with Crippen LogP contribution in [0, 0.1) is 5.82 Å². The summed E-state index contributed by atoms with van der Waals surface area (Å²) in [5.41, 5.74) is 1.97. The number of carbonyl (C=O) groups is 1. The molecule has 0 aliphatic carbocycles. The molecule has 184 valence electrons. The molecular formula is C27H25FN4O3S. The number of amides is 1. The molecule has 36 heavy (non-hydrogen) atoms. The minimum Gasteiger partial charge on any atom is -0.336 e. The highest BCUT2D eigenvalue weighted by atomic mass is 32.2. The second-order valence-electron chi connectivity index (χ2n) is 8.79. The van der Waals surface area contributed by atoms with Gasteiger partial charge in [0.25, 0.3) is 5.91 Å². The van der Waals surface area contributed by atoms with E-state index in [9.17, 15) is 17.6 Å². The number of nitrogens with zero attached hydrogens (tertiary/aromatic N) is 4. The van der Waals surface area contributed by atoms with Gasteiger partial charge >= 0.3 is 0 Å². The van der Waals surface area contributed by atoms with Crippen LogP contribution >= 0.6 is 0 Å². The third-order valence-corrected chi connectivity index (χ3v) is 8.07. The fraction of sp³-hybridized carbons (Fsp3) is 0.222. The number of hydrogen-bond donors (Lipinski definition) is 0. The molecule has 0 bridgehead atoms. The van der Waals surface area contributed by atoms with Gasteiger partial charge < -0.3 is 4.90 Å². The summed E-state index contributed by atoms with van der Waals surface area (Å²) in [5, 5.41) is 0.768. The summed E-state index contributed by atoms with van der Waals surface area (Å²) in [7, 11) is -3.62. The summed E-state index contributed by atoms with van der Waals surface area (Å²) in [6, 6.07) is 18.4. The second-order valence-corrected chi connectivity index (χ2v) is 10.7. The van der Waals surface area contributed by atoms with Gasteiger partial charge in [0.2, 0.25) is 0 Å². The number of carbonyl (C=O) groups excluding carboxylic acids is 1. The molecule has 0 spiro atoms. The predicted octanol–water partition coefficient (Wildman–Crippen LogP) is 3.70. The lowest BCUT2D eigenvalue weighted by molar-refractivity contribution is 0.0625. The summed E-state index contributed by atoms with van der Waals surface area (Å²) in [5.74, 6) is -0.610. The number of halogens is 1. The SMILES string of the molecule is O=C(c1ccc(CS(=O)(=O)c2cccc3cccnc23)cc1)N1CCN(Cc2ncccc2F)CC1. The van der Waals surface area contributed by atoms with E-state index in [1.54, 1.807) is 65.8 Å². The Hall–Kier alpha value is -3.69. The summed E-state index contributed by atoms with van der Waals surface area (Å²) in [4.78, 5) is 25.4. The van der Waals surface area contributed by atoms with Gasteiger partial charge in [-0.1, -0.05) is 30.3 Å². The molecule has 5 rings (SSSR count). The lowest BCUT2D eigenvalue weighted by Gasteiger charge is -2.34. The standard InChI is InChI=1S/C27H25FN4O3S/c28-23-6-3-12-29-24(23)18-31-14-16-32(17-15-31)27(33)22-10-8-20(9-11-22)19-36(34,35)25-7-1-4-21-5-2-13-30-26(21)25/h1-13H,14-19H2. The maximum absolute atomic E-state index is 13.9. The zero-order chi connectivity index (χ0) is 25.1. The lowest BCUT2D eigenvalue weighted by atomic mass is 10.1. The van der Waals surface area contributed by atoms with Gasteiger partial charge in [0.15, 0.2) is 9.84 Å². The number of pyridine rings is 2. The van der Waals surface area contributed by atoms with E-state index in [-0.39, 0.29) is 22.4 Å². The first-order valence-electron chi connectivity index (χ1n) is 11.7. The molecule has 2 aromatic heterocycles. The Morgan fingerprint density at radius 2 is 1.56 bits per heavy atom. The van der Waals surface area contributed by atoms with Gasteiger partial charge in [-0.2, -0.15) is 0 Å². The average molecular weight is 505 g/mol. The molecule has 7 nitrogen and oxygen atoms in total. The van der Waals surface area contributed by atoms with Gasteiger partial charge in [0.05, 0.1) is 21.9 Å². The van der Waals surface area contributed by atoms with Crippen molar-refractivity contribution < 1.29 is 17.6 Å². The van der Waals surface area contributed by atoms with Crippen molar-refractivity contribution in [1.82, 2.24) is 19.8 Å². The molecule has 1 saturated heterocycles. The smallest absolute Gasteiger partial charge is 0.253 e. The number of aromatic nitrogens is 2. The number of benzene rings is 2. The van der Waals surface area contributed by atoms with E-state index in [0.717, 1.165) is 5.39 Å². The molecule has 1 aliphatic rings. The fourth-order valence-electron chi connectivity index (χ4n) is 4.41.